The lowest BCUT2D eigenvalue weighted by molar-refractivity contribution is 0.192. The molecule has 1 aromatic rings. The zero-order chi connectivity index (χ0) is 10.8. The Morgan fingerprint density at radius 1 is 1.33 bits per heavy atom. The van der Waals surface area contributed by atoms with Gasteiger partial charge in [0, 0.05) is 0 Å². The van der Waals surface area contributed by atoms with E-state index in [4.69, 9.17) is 0 Å². The van der Waals surface area contributed by atoms with Crippen LogP contribution in [0.4, 0.5) is 4.39 Å². The minimum absolute atomic E-state index is 0.117. The van der Waals surface area contributed by atoms with Gasteiger partial charge in [-0.1, -0.05) is 29.8 Å². The number of allylic oxidation sites excluding steroid dienone is 1. The topological polar surface area (TPSA) is 20.2 Å². The van der Waals surface area contributed by atoms with E-state index < -0.39 is 6.10 Å². The molecular weight excluding hydrogens is 191 g/mol. The first-order valence-electron chi connectivity index (χ1n) is 5.26. The number of halogens is 1. The molecule has 0 amide bonds. The number of aliphatic hydroxyl groups excluding tert-OH is 1. The molecule has 15 heavy (non-hydrogen) atoms. The lowest BCUT2D eigenvalue weighted by Gasteiger charge is -2.25. The van der Waals surface area contributed by atoms with Crippen LogP contribution in [-0.4, -0.2) is 11.2 Å². The van der Waals surface area contributed by atoms with Gasteiger partial charge >= 0.3 is 0 Å². The summed E-state index contributed by atoms with van der Waals surface area (Å²) in [6, 6.07) is 6.83. The number of hydrogen-bond donors (Lipinski definition) is 1. The molecule has 0 aliphatic heterocycles. The lowest BCUT2D eigenvalue weighted by atomic mass is 9.83. The second-order valence-corrected chi connectivity index (χ2v) is 4.24. The Labute approximate surface area is 89.3 Å². The van der Waals surface area contributed by atoms with Crippen LogP contribution in [0.15, 0.2) is 35.9 Å². The van der Waals surface area contributed by atoms with Crippen LogP contribution in [0.25, 0.3) is 0 Å². The Morgan fingerprint density at radius 2 is 2.07 bits per heavy atom. The van der Waals surface area contributed by atoms with Crippen molar-refractivity contribution in [3.63, 3.8) is 0 Å². The van der Waals surface area contributed by atoms with Crippen LogP contribution in [0.2, 0.25) is 0 Å². The van der Waals surface area contributed by atoms with Crippen molar-refractivity contribution >= 4 is 0 Å². The molecule has 0 fully saturated rings. The standard InChI is InChI=1S/C13H15FO/c1-9-6-10(8-11(15)7-9)12-4-2-3-5-13(12)14/h2-5,7,10-11,15H,6,8H2,1H3. The Morgan fingerprint density at radius 3 is 2.73 bits per heavy atom. The lowest BCUT2D eigenvalue weighted by Crippen LogP contribution is -2.16. The molecule has 1 nitrogen and oxygen atoms in total. The molecule has 1 N–H and O–H groups in total. The molecule has 2 unspecified atom stereocenters. The quantitative estimate of drug-likeness (QED) is 0.700. The van der Waals surface area contributed by atoms with Gasteiger partial charge in [0.2, 0.25) is 0 Å². The highest BCUT2D eigenvalue weighted by Gasteiger charge is 2.22. The Balaban J connectivity index is 2.26. The highest BCUT2D eigenvalue weighted by molar-refractivity contribution is 5.26. The van der Waals surface area contributed by atoms with E-state index in [1.807, 2.05) is 25.1 Å². The summed E-state index contributed by atoms with van der Waals surface area (Å²) in [7, 11) is 0. The third-order valence-electron chi connectivity index (χ3n) is 2.92. The molecule has 0 aromatic heterocycles. The predicted octanol–water partition coefficient (Wildman–Crippen LogP) is 3.01. The summed E-state index contributed by atoms with van der Waals surface area (Å²) in [6.07, 6.45) is 2.90. The molecule has 1 aromatic carbocycles. The number of aliphatic hydroxyl groups is 1. The summed E-state index contributed by atoms with van der Waals surface area (Å²) in [5, 5.41) is 9.60. The smallest absolute Gasteiger partial charge is 0.126 e. The van der Waals surface area contributed by atoms with Crippen molar-refractivity contribution in [2.45, 2.75) is 31.8 Å². The molecule has 2 heteroatoms. The van der Waals surface area contributed by atoms with Crippen molar-refractivity contribution in [2.75, 3.05) is 0 Å². The highest BCUT2D eigenvalue weighted by Crippen LogP contribution is 2.33. The fourth-order valence-electron chi connectivity index (χ4n) is 2.27. The van der Waals surface area contributed by atoms with Gasteiger partial charge in [0.05, 0.1) is 6.10 Å². The summed E-state index contributed by atoms with van der Waals surface area (Å²) >= 11 is 0. The first-order chi connectivity index (χ1) is 7.16. The molecule has 80 valence electrons. The monoisotopic (exact) mass is 206 g/mol. The normalized spacial score (nSPS) is 26.2. The van der Waals surface area contributed by atoms with Crippen LogP contribution in [0.5, 0.6) is 0 Å². The maximum atomic E-state index is 13.5. The van der Waals surface area contributed by atoms with Crippen molar-refractivity contribution < 1.29 is 9.50 Å². The van der Waals surface area contributed by atoms with Crippen molar-refractivity contribution in [2.24, 2.45) is 0 Å². The van der Waals surface area contributed by atoms with E-state index >= 15 is 0 Å². The largest absolute Gasteiger partial charge is 0.389 e. The van der Waals surface area contributed by atoms with Gasteiger partial charge in [0.15, 0.2) is 0 Å². The average molecular weight is 206 g/mol. The number of benzene rings is 1. The molecule has 2 atom stereocenters. The van der Waals surface area contributed by atoms with Gasteiger partial charge in [-0.2, -0.15) is 0 Å². The molecule has 0 heterocycles. The van der Waals surface area contributed by atoms with Gasteiger partial charge in [-0.3, -0.25) is 0 Å². The molecule has 0 radical (unpaired) electrons. The molecule has 0 spiro atoms. The van der Waals surface area contributed by atoms with Crippen LogP contribution in [-0.2, 0) is 0 Å². The summed E-state index contributed by atoms with van der Waals surface area (Å²) in [5.74, 6) is -0.0457. The zero-order valence-corrected chi connectivity index (χ0v) is 8.78. The summed E-state index contributed by atoms with van der Waals surface area (Å²) in [5.41, 5.74) is 1.87. The van der Waals surface area contributed by atoms with Crippen LogP contribution < -0.4 is 0 Å². The maximum absolute atomic E-state index is 13.5. The second kappa shape index (κ2) is 4.15. The fraction of sp³-hybridized carbons (Fsp3) is 0.385. The SMILES string of the molecule is CC1=CC(O)CC(c2ccccc2F)C1. The molecule has 0 saturated carbocycles. The average Bonchev–Trinajstić information content (AvgIpc) is 2.16. The number of rotatable bonds is 1. The third-order valence-corrected chi connectivity index (χ3v) is 2.92. The second-order valence-electron chi connectivity index (χ2n) is 4.24. The molecular formula is C13H15FO. The van der Waals surface area contributed by atoms with E-state index in [0.717, 1.165) is 17.6 Å². The first-order valence-corrected chi connectivity index (χ1v) is 5.26. The van der Waals surface area contributed by atoms with Crippen molar-refractivity contribution in [3.05, 3.63) is 47.3 Å². The van der Waals surface area contributed by atoms with Gasteiger partial charge in [-0.05, 0) is 37.3 Å². The van der Waals surface area contributed by atoms with Crippen LogP contribution >= 0.6 is 0 Å². The minimum Gasteiger partial charge on any atom is -0.389 e. The van der Waals surface area contributed by atoms with E-state index in [2.05, 4.69) is 0 Å². The molecule has 0 saturated heterocycles. The van der Waals surface area contributed by atoms with Crippen LogP contribution in [0.1, 0.15) is 31.2 Å². The third kappa shape index (κ3) is 2.26. The van der Waals surface area contributed by atoms with E-state index in [9.17, 15) is 9.50 Å². The molecule has 2 rings (SSSR count). The highest BCUT2D eigenvalue weighted by atomic mass is 19.1. The van der Waals surface area contributed by atoms with Gasteiger partial charge in [-0.15, -0.1) is 0 Å². The van der Waals surface area contributed by atoms with E-state index in [1.54, 1.807) is 6.07 Å². The van der Waals surface area contributed by atoms with Gasteiger partial charge in [0.1, 0.15) is 5.82 Å². The zero-order valence-electron chi connectivity index (χ0n) is 8.78. The van der Waals surface area contributed by atoms with Crippen molar-refractivity contribution in [3.8, 4) is 0 Å². The Hall–Kier alpha value is -1.15. The van der Waals surface area contributed by atoms with Crippen LogP contribution in [0.3, 0.4) is 0 Å². The molecule has 1 aliphatic rings. The van der Waals surface area contributed by atoms with Gasteiger partial charge < -0.3 is 5.11 Å². The van der Waals surface area contributed by atoms with E-state index in [-0.39, 0.29) is 11.7 Å². The summed E-state index contributed by atoms with van der Waals surface area (Å²) in [6.45, 7) is 1.98. The number of hydrogen-bond acceptors (Lipinski definition) is 1. The van der Waals surface area contributed by atoms with Gasteiger partial charge in [-0.25, -0.2) is 4.39 Å². The van der Waals surface area contributed by atoms with E-state index in [1.165, 1.54) is 6.07 Å². The predicted molar refractivity (Wildman–Crippen MR) is 58.1 cm³/mol. The maximum Gasteiger partial charge on any atom is 0.126 e. The van der Waals surface area contributed by atoms with Crippen molar-refractivity contribution in [1.29, 1.82) is 0 Å². The van der Waals surface area contributed by atoms with Crippen LogP contribution in [0, 0.1) is 5.82 Å². The molecule has 0 bridgehead atoms. The van der Waals surface area contributed by atoms with E-state index in [0.29, 0.717) is 6.42 Å². The summed E-state index contributed by atoms with van der Waals surface area (Å²) < 4.78 is 13.5. The van der Waals surface area contributed by atoms with Gasteiger partial charge in [0.25, 0.3) is 0 Å². The van der Waals surface area contributed by atoms with Crippen molar-refractivity contribution in [1.82, 2.24) is 0 Å². The molecule has 1 aliphatic carbocycles. The Bertz CT molecular complexity index is 384. The Kier molecular flexibility index (Phi) is 2.87. The minimum atomic E-state index is -0.427. The summed E-state index contributed by atoms with van der Waals surface area (Å²) in [4.78, 5) is 0. The first kappa shape index (κ1) is 10.4. The fourth-order valence-corrected chi connectivity index (χ4v) is 2.27.